The lowest BCUT2D eigenvalue weighted by molar-refractivity contribution is 0.415. The number of sulfone groups is 1. The highest BCUT2D eigenvalue weighted by atomic mass is 32.2. The molecule has 1 fully saturated rings. The van der Waals surface area contributed by atoms with E-state index in [0.29, 0.717) is 11.5 Å². The molecule has 0 aliphatic carbocycles. The molecule has 0 amide bonds. The largest absolute Gasteiger partial charge is 0.313 e. The van der Waals surface area contributed by atoms with Crippen molar-refractivity contribution >= 4 is 9.84 Å². The van der Waals surface area contributed by atoms with Gasteiger partial charge in [0.25, 0.3) is 0 Å². The second-order valence-corrected chi connectivity index (χ2v) is 7.97. The molecule has 1 heterocycles. The topological polar surface area (TPSA) is 46.2 Å². The van der Waals surface area contributed by atoms with Gasteiger partial charge in [-0.25, -0.2) is 8.42 Å². The van der Waals surface area contributed by atoms with Crippen LogP contribution in [0, 0.1) is 26.7 Å². The number of benzene rings is 1. The van der Waals surface area contributed by atoms with E-state index in [-0.39, 0.29) is 12.0 Å². The van der Waals surface area contributed by atoms with E-state index in [9.17, 15) is 8.42 Å². The molecule has 0 bridgehead atoms. The third-order valence-corrected chi connectivity index (χ3v) is 5.89. The van der Waals surface area contributed by atoms with Crippen molar-refractivity contribution in [3.63, 3.8) is 0 Å². The zero-order valence-electron chi connectivity index (χ0n) is 12.2. The van der Waals surface area contributed by atoms with E-state index in [2.05, 4.69) is 38.2 Å². The molecule has 2 unspecified atom stereocenters. The van der Waals surface area contributed by atoms with Crippen LogP contribution in [-0.4, -0.2) is 27.0 Å². The van der Waals surface area contributed by atoms with Crippen LogP contribution in [0.15, 0.2) is 12.1 Å². The summed E-state index contributed by atoms with van der Waals surface area (Å²) in [5.41, 5.74) is 5.03. The van der Waals surface area contributed by atoms with Crippen LogP contribution < -0.4 is 5.32 Å². The molecule has 4 heteroatoms. The van der Waals surface area contributed by atoms with Gasteiger partial charge in [0.2, 0.25) is 0 Å². The lowest BCUT2D eigenvalue weighted by atomic mass is 9.86. The summed E-state index contributed by atoms with van der Waals surface area (Å²) >= 11 is 0. The van der Waals surface area contributed by atoms with Gasteiger partial charge in [-0.05, 0) is 56.8 Å². The molecule has 0 spiro atoms. The molecule has 1 aromatic carbocycles. The predicted molar refractivity (Wildman–Crippen MR) is 79.2 cm³/mol. The van der Waals surface area contributed by atoms with Gasteiger partial charge in [0.15, 0.2) is 9.84 Å². The summed E-state index contributed by atoms with van der Waals surface area (Å²) < 4.78 is 23.4. The minimum atomic E-state index is -2.83. The summed E-state index contributed by atoms with van der Waals surface area (Å²) in [6, 6.07) is 4.49. The fraction of sp³-hybridized carbons (Fsp3) is 0.600. The van der Waals surface area contributed by atoms with Crippen LogP contribution in [0.3, 0.4) is 0 Å². The highest BCUT2D eigenvalue weighted by Crippen LogP contribution is 2.34. The Balaban J connectivity index is 2.38. The molecule has 3 nitrogen and oxygen atoms in total. The molecule has 1 aliphatic heterocycles. The van der Waals surface area contributed by atoms with Gasteiger partial charge < -0.3 is 5.32 Å². The van der Waals surface area contributed by atoms with E-state index in [1.54, 1.807) is 0 Å². The van der Waals surface area contributed by atoms with Gasteiger partial charge in [0.1, 0.15) is 0 Å². The molecule has 1 saturated heterocycles. The monoisotopic (exact) mass is 281 g/mol. The number of hydrogen-bond acceptors (Lipinski definition) is 3. The minimum Gasteiger partial charge on any atom is -0.313 e. The summed E-state index contributed by atoms with van der Waals surface area (Å²) in [7, 11) is -0.907. The number of aryl methyl sites for hydroxylation is 3. The van der Waals surface area contributed by atoms with Crippen molar-refractivity contribution in [3.8, 4) is 0 Å². The zero-order chi connectivity index (χ0) is 14.2. The molecular formula is C15H23NO2S. The summed E-state index contributed by atoms with van der Waals surface area (Å²) in [4.78, 5) is 0. The first-order valence-electron chi connectivity index (χ1n) is 6.79. The molecule has 0 aromatic heterocycles. The Morgan fingerprint density at radius 3 is 2.21 bits per heavy atom. The smallest absolute Gasteiger partial charge is 0.150 e. The molecule has 106 valence electrons. The maximum absolute atomic E-state index is 11.7. The number of rotatable bonds is 3. The normalized spacial score (nSPS) is 23.5. The quantitative estimate of drug-likeness (QED) is 0.925. The fourth-order valence-electron chi connectivity index (χ4n) is 3.38. The third-order valence-electron chi connectivity index (χ3n) is 4.10. The van der Waals surface area contributed by atoms with Crippen LogP contribution in [-0.2, 0) is 9.84 Å². The number of nitrogens with one attached hydrogen (secondary N) is 1. The van der Waals surface area contributed by atoms with E-state index < -0.39 is 9.84 Å². The standard InChI is InChI=1S/C15H23NO2S/c1-10-7-11(2)14(12(3)8-10)15(16-4)13-5-6-19(17,18)9-13/h7-8,13,15-16H,5-6,9H2,1-4H3. The molecule has 0 saturated carbocycles. The summed E-state index contributed by atoms with van der Waals surface area (Å²) in [6.07, 6.45) is 0.764. The lowest BCUT2D eigenvalue weighted by Crippen LogP contribution is -2.27. The molecule has 2 atom stereocenters. The van der Waals surface area contributed by atoms with E-state index >= 15 is 0 Å². The van der Waals surface area contributed by atoms with Crippen molar-refractivity contribution in [2.24, 2.45) is 5.92 Å². The number of hydrogen-bond donors (Lipinski definition) is 1. The van der Waals surface area contributed by atoms with Crippen LogP contribution in [0.5, 0.6) is 0 Å². The van der Waals surface area contributed by atoms with Crippen LogP contribution in [0.25, 0.3) is 0 Å². The molecular weight excluding hydrogens is 258 g/mol. The zero-order valence-corrected chi connectivity index (χ0v) is 13.0. The third kappa shape index (κ3) is 3.00. The van der Waals surface area contributed by atoms with Crippen molar-refractivity contribution in [1.29, 1.82) is 0 Å². The van der Waals surface area contributed by atoms with E-state index in [1.807, 2.05) is 7.05 Å². The molecule has 0 radical (unpaired) electrons. The highest BCUT2D eigenvalue weighted by Gasteiger charge is 2.34. The molecule has 19 heavy (non-hydrogen) atoms. The van der Waals surface area contributed by atoms with Crippen molar-refractivity contribution in [3.05, 3.63) is 34.4 Å². The second-order valence-electron chi connectivity index (χ2n) is 5.74. The Labute approximate surface area is 116 Å². The molecule has 1 aliphatic rings. The van der Waals surface area contributed by atoms with Gasteiger partial charge in [-0.1, -0.05) is 17.7 Å². The Bertz CT molecular complexity index is 555. The summed E-state index contributed by atoms with van der Waals surface area (Å²) in [5.74, 6) is 0.834. The summed E-state index contributed by atoms with van der Waals surface area (Å²) in [5, 5.41) is 3.33. The van der Waals surface area contributed by atoms with Gasteiger partial charge in [0, 0.05) is 6.04 Å². The second kappa shape index (κ2) is 5.25. The van der Waals surface area contributed by atoms with Gasteiger partial charge in [-0.15, -0.1) is 0 Å². The van der Waals surface area contributed by atoms with Crippen LogP contribution >= 0.6 is 0 Å². The Kier molecular flexibility index (Phi) is 4.02. The Hall–Kier alpha value is -0.870. The lowest BCUT2D eigenvalue weighted by Gasteiger charge is -2.26. The van der Waals surface area contributed by atoms with Crippen molar-refractivity contribution < 1.29 is 8.42 Å². The van der Waals surface area contributed by atoms with Crippen molar-refractivity contribution in [2.45, 2.75) is 33.2 Å². The summed E-state index contributed by atoms with van der Waals surface area (Å²) in [6.45, 7) is 6.32. The average Bonchev–Trinajstić information content (AvgIpc) is 2.63. The van der Waals surface area contributed by atoms with Crippen molar-refractivity contribution in [1.82, 2.24) is 5.32 Å². The highest BCUT2D eigenvalue weighted by molar-refractivity contribution is 7.91. The first-order chi connectivity index (χ1) is 8.84. The van der Waals surface area contributed by atoms with Gasteiger partial charge in [0.05, 0.1) is 11.5 Å². The minimum absolute atomic E-state index is 0.137. The molecule has 1 N–H and O–H groups in total. The predicted octanol–water partition coefficient (Wildman–Crippen LogP) is 2.31. The molecule has 1 aromatic rings. The maximum atomic E-state index is 11.7. The van der Waals surface area contributed by atoms with E-state index in [0.717, 1.165) is 6.42 Å². The van der Waals surface area contributed by atoms with Crippen LogP contribution in [0.4, 0.5) is 0 Å². The van der Waals surface area contributed by atoms with Crippen molar-refractivity contribution in [2.75, 3.05) is 18.6 Å². The van der Waals surface area contributed by atoms with Crippen LogP contribution in [0.2, 0.25) is 0 Å². The van der Waals surface area contributed by atoms with Crippen LogP contribution in [0.1, 0.15) is 34.7 Å². The average molecular weight is 281 g/mol. The molecule has 2 rings (SSSR count). The van der Waals surface area contributed by atoms with E-state index in [4.69, 9.17) is 0 Å². The van der Waals surface area contributed by atoms with Gasteiger partial charge in [-0.3, -0.25) is 0 Å². The SMILES string of the molecule is CNC(c1c(C)cc(C)cc1C)C1CCS(=O)(=O)C1. The maximum Gasteiger partial charge on any atom is 0.150 e. The fourth-order valence-corrected chi connectivity index (χ4v) is 5.22. The van der Waals surface area contributed by atoms with E-state index in [1.165, 1.54) is 22.3 Å². The van der Waals surface area contributed by atoms with Gasteiger partial charge >= 0.3 is 0 Å². The Morgan fingerprint density at radius 1 is 1.21 bits per heavy atom. The first-order valence-corrected chi connectivity index (χ1v) is 8.61. The Morgan fingerprint density at radius 2 is 1.79 bits per heavy atom. The van der Waals surface area contributed by atoms with Gasteiger partial charge in [-0.2, -0.15) is 0 Å². The first kappa shape index (κ1) is 14.5.